The first kappa shape index (κ1) is 9.02. The normalized spacial score (nSPS) is 10.1. The fourth-order valence-corrected chi connectivity index (χ4v) is 1.81. The number of hydrogen-bond donors (Lipinski definition) is 0. The van der Waals surface area contributed by atoms with Crippen molar-refractivity contribution in [3.05, 3.63) is 34.9 Å². The van der Waals surface area contributed by atoms with Crippen molar-refractivity contribution in [2.75, 3.05) is 0 Å². The smallest absolute Gasteiger partial charge is 0.188 e. The van der Waals surface area contributed by atoms with E-state index < -0.39 is 0 Å². The van der Waals surface area contributed by atoms with E-state index in [1.807, 2.05) is 17.5 Å². The maximum absolute atomic E-state index is 11.0. The third-order valence-corrected chi connectivity index (χ3v) is 2.71. The van der Waals surface area contributed by atoms with Crippen LogP contribution in [-0.2, 0) is 0 Å². The Kier molecular flexibility index (Phi) is 2.37. The predicted octanol–water partition coefficient (Wildman–Crippen LogP) is 2.41. The molecule has 0 unspecified atom stereocenters. The Labute approximate surface area is 85.5 Å². The van der Waals surface area contributed by atoms with Gasteiger partial charge in [-0.2, -0.15) is 0 Å². The van der Waals surface area contributed by atoms with Crippen molar-refractivity contribution in [1.29, 1.82) is 0 Å². The van der Waals surface area contributed by atoms with Gasteiger partial charge >= 0.3 is 0 Å². The monoisotopic (exact) mass is 204 g/mol. The summed E-state index contributed by atoms with van der Waals surface area (Å²) in [5, 5.41) is 2.41. The van der Waals surface area contributed by atoms with Gasteiger partial charge in [0.15, 0.2) is 10.8 Å². The molecule has 2 aromatic heterocycles. The second kappa shape index (κ2) is 3.67. The van der Waals surface area contributed by atoms with E-state index >= 15 is 0 Å². The summed E-state index contributed by atoms with van der Waals surface area (Å²) in [5.41, 5.74) is 1.75. The zero-order chi connectivity index (χ0) is 9.97. The van der Waals surface area contributed by atoms with Gasteiger partial charge in [-0.3, -0.25) is 9.78 Å². The number of ketones is 1. The van der Waals surface area contributed by atoms with Crippen LogP contribution in [0, 0.1) is 0 Å². The molecule has 2 rings (SSSR count). The number of nitrogens with zero attached hydrogens (tertiary/aromatic N) is 2. The molecule has 4 heteroatoms. The third-order valence-electron chi connectivity index (χ3n) is 1.76. The van der Waals surface area contributed by atoms with Gasteiger partial charge in [0.25, 0.3) is 0 Å². The molecule has 0 radical (unpaired) electrons. The lowest BCUT2D eigenvalue weighted by Gasteiger charge is -1.92. The van der Waals surface area contributed by atoms with Crippen molar-refractivity contribution in [2.24, 2.45) is 0 Å². The first-order valence-electron chi connectivity index (χ1n) is 4.14. The minimum atomic E-state index is 0.00476. The van der Waals surface area contributed by atoms with Crippen LogP contribution in [0.1, 0.15) is 16.7 Å². The van der Waals surface area contributed by atoms with Gasteiger partial charge in [0, 0.05) is 30.3 Å². The molecule has 70 valence electrons. The standard InChI is InChI=1S/C10H8N2OS/c1-7(13)10-12-9(6-14-10)8-3-2-4-11-5-8/h2-6H,1H3. The highest BCUT2D eigenvalue weighted by molar-refractivity contribution is 7.12. The average molecular weight is 204 g/mol. The van der Waals surface area contributed by atoms with Gasteiger partial charge in [-0.25, -0.2) is 4.98 Å². The van der Waals surface area contributed by atoms with Crippen molar-refractivity contribution < 1.29 is 4.79 Å². The number of hydrogen-bond acceptors (Lipinski definition) is 4. The van der Waals surface area contributed by atoms with E-state index in [1.165, 1.54) is 18.3 Å². The Morgan fingerprint density at radius 1 is 1.50 bits per heavy atom. The second-order valence-electron chi connectivity index (χ2n) is 2.84. The highest BCUT2D eigenvalue weighted by Crippen LogP contribution is 2.20. The number of rotatable bonds is 2. The molecular weight excluding hydrogens is 196 g/mol. The van der Waals surface area contributed by atoms with E-state index in [-0.39, 0.29) is 5.78 Å². The van der Waals surface area contributed by atoms with Crippen LogP contribution in [0.3, 0.4) is 0 Å². The average Bonchev–Trinajstić information content (AvgIpc) is 2.68. The Hall–Kier alpha value is -1.55. The molecule has 0 aliphatic rings. The molecule has 0 saturated heterocycles. The van der Waals surface area contributed by atoms with E-state index in [2.05, 4.69) is 9.97 Å². The molecule has 0 aliphatic heterocycles. The van der Waals surface area contributed by atoms with Gasteiger partial charge in [0.2, 0.25) is 0 Å². The fraction of sp³-hybridized carbons (Fsp3) is 0.100. The molecule has 2 heterocycles. The summed E-state index contributed by atoms with van der Waals surface area (Å²) in [7, 11) is 0. The van der Waals surface area contributed by atoms with Gasteiger partial charge in [-0.1, -0.05) is 0 Å². The SMILES string of the molecule is CC(=O)c1nc(-c2cccnc2)cs1. The van der Waals surface area contributed by atoms with Crippen LogP contribution >= 0.6 is 11.3 Å². The largest absolute Gasteiger partial charge is 0.292 e. The number of carbonyl (C=O) groups is 1. The van der Waals surface area contributed by atoms with Crippen molar-refractivity contribution in [3.8, 4) is 11.3 Å². The predicted molar refractivity (Wildman–Crippen MR) is 55.3 cm³/mol. The summed E-state index contributed by atoms with van der Waals surface area (Å²) in [4.78, 5) is 19.2. The highest BCUT2D eigenvalue weighted by atomic mass is 32.1. The first-order valence-corrected chi connectivity index (χ1v) is 5.02. The van der Waals surface area contributed by atoms with Crippen LogP contribution in [0.4, 0.5) is 0 Å². The topological polar surface area (TPSA) is 42.9 Å². The second-order valence-corrected chi connectivity index (χ2v) is 3.69. The van der Waals surface area contributed by atoms with Crippen LogP contribution in [0.15, 0.2) is 29.9 Å². The van der Waals surface area contributed by atoms with Gasteiger partial charge < -0.3 is 0 Å². The van der Waals surface area contributed by atoms with E-state index in [1.54, 1.807) is 12.4 Å². The quantitative estimate of drug-likeness (QED) is 0.705. The van der Waals surface area contributed by atoms with Gasteiger partial charge in [-0.15, -0.1) is 11.3 Å². The molecule has 0 spiro atoms. The van der Waals surface area contributed by atoms with Crippen LogP contribution in [0.25, 0.3) is 11.3 Å². The third kappa shape index (κ3) is 1.70. The number of pyridine rings is 1. The van der Waals surface area contributed by atoms with Crippen LogP contribution in [0.5, 0.6) is 0 Å². The molecule has 0 aliphatic carbocycles. The molecule has 0 N–H and O–H groups in total. The lowest BCUT2D eigenvalue weighted by atomic mass is 10.2. The van der Waals surface area contributed by atoms with Gasteiger partial charge in [0.05, 0.1) is 5.69 Å². The Morgan fingerprint density at radius 2 is 2.36 bits per heavy atom. The van der Waals surface area contributed by atoms with E-state index in [9.17, 15) is 4.79 Å². The van der Waals surface area contributed by atoms with E-state index in [4.69, 9.17) is 0 Å². The minimum Gasteiger partial charge on any atom is -0.292 e. The molecule has 2 aromatic rings. The van der Waals surface area contributed by atoms with Crippen LogP contribution in [0.2, 0.25) is 0 Å². The lowest BCUT2D eigenvalue weighted by Crippen LogP contribution is -1.89. The maximum Gasteiger partial charge on any atom is 0.188 e. The summed E-state index contributed by atoms with van der Waals surface area (Å²) in [6.45, 7) is 1.52. The number of thiazole rings is 1. The summed E-state index contributed by atoms with van der Waals surface area (Å²) in [6, 6.07) is 3.77. The summed E-state index contributed by atoms with van der Waals surface area (Å²) in [6.07, 6.45) is 3.45. The molecule has 14 heavy (non-hydrogen) atoms. The van der Waals surface area contributed by atoms with Gasteiger partial charge in [-0.05, 0) is 12.1 Å². The first-order chi connectivity index (χ1) is 6.77. The number of carbonyl (C=O) groups excluding carboxylic acids is 1. The van der Waals surface area contributed by atoms with Crippen LogP contribution < -0.4 is 0 Å². The highest BCUT2D eigenvalue weighted by Gasteiger charge is 2.07. The Bertz CT molecular complexity index is 450. The molecule has 0 amide bonds. The number of Topliss-reactive ketones (excluding diaryl/α,β-unsaturated/α-hetero) is 1. The Balaban J connectivity index is 2.39. The van der Waals surface area contributed by atoms with Crippen molar-refractivity contribution >= 4 is 17.1 Å². The number of aromatic nitrogens is 2. The van der Waals surface area contributed by atoms with Gasteiger partial charge in [0.1, 0.15) is 0 Å². The van der Waals surface area contributed by atoms with Crippen LogP contribution in [-0.4, -0.2) is 15.8 Å². The zero-order valence-corrected chi connectivity index (χ0v) is 8.41. The molecule has 0 fully saturated rings. The van der Waals surface area contributed by atoms with E-state index in [0.717, 1.165) is 11.3 Å². The zero-order valence-electron chi connectivity index (χ0n) is 7.60. The molecule has 0 saturated carbocycles. The minimum absolute atomic E-state index is 0.00476. The maximum atomic E-state index is 11.0. The van der Waals surface area contributed by atoms with Crippen molar-refractivity contribution in [2.45, 2.75) is 6.92 Å². The summed E-state index contributed by atoms with van der Waals surface area (Å²) < 4.78 is 0. The van der Waals surface area contributed by atoms with E-state index in [0.29, 0.717) is 5.01 Å². The Morgan fingerprint density at radius 3 is 2.93 bits per heavy atom. The molecular formula is C10H8N2OS. The molecule has 0 aromatic carbocycles. The molecule has 0 atom stereocenters. The summed E-state index contributed by atoms with van der Waals surface area (Å²) in [5.74, 6) is 0.00476. The molecule has 3 nitrogen and oxygen atoms in total. The lowest BCUT2D eigenvalue weighted by molar-refractivity contribution is 0.101. The van der Waals surface area contributed by atoms with Crippen molar-refractivity contribution in [3.63, 3.8) is 0 Å². The van der Waals surface area contributed by atoms with Crippen molar-refractivity contribution in [1.82, 2.24) is 9.97 Å². The fourth-order valence-electron chi connectivity index (χ4n) is 1.08. The summed E-state index contributed by atoms with van der Waals surface area (Å²) >= 11 is 1.36. The molecule has 0 bridgehead atoms.